The Morgan fingerprint density at radius 1 is 1.31 bits per heavy atom. The second-order valence-corrected chi connectivity index (χ2v) is 7.69. The lowest BCUT2D eigenvalue weighted by molar-refractivity contribution is -0.122. The van der Waals surface area contributed by atoms with Gasteiger partial charge in [-0.25, -0.2) is 4.98 Å². The van der Waals surface area contributed by atoms with Gasteiger partial charge in [-0.15, -0.1) is 12.4 Å². The van der Waals surface area contributed by atoms with E-state index in [1.165, 1.54) is 12.8 Å². The van der Waals surface area contributed by atoms with Crippen LogP contribution in [0.25, 0.3) is 11.4 Å². The number of halogens is 1. The normalized spacial score (nSPS) is 25.4. The standard InChI is InChI=1S/C19H25N5O.ClH/c1-19(20)10-3-2-7-15(19)18(25)21-14-6-4-5-13(11-14)17-22-16(23-24-17)12-8-9-12;/h4-6,11-12,15H,2-3,7-10,20H2,1H3,(H,21,25)(H,22,23,24);1H. The van der Waals surface area contributed by atoms with Gasteiger partial charge >= 0.3 is 0 Å². The van der Waals surface area contributed by atoms with Crippen LogP contribution in [0.4, 0.5) is 5.69 Å². The molecule has 1 amide bonds. The van der Waals surface area contributed by atoms with Gasteiger partial charge in [0.15, 0.2) is 5.82 Å². The molecule has 0 saturated heterocycles. The third-order valence-electron chi connectivity index (χ3n) is 5.43. The molecule has 1 aromatic heterocycles. The van der Waals surface area contributed by atoms with Crippen LogP contribution in [0.2, 0.25) is 0 Å². The number of benzene rings is 1. The molecular weight excluding hydrogens is 350 g/mol. The van der Waals surface area contributed by atoms with E-state index in [-0.39, 0.29) is 24.2 Å². The molecule has 4 N–H and O–H groups in total. The quantitative estimate of drug-likeness (QED) is 0.760. The molecule has 2 atom stereocenters. The molecule has 2 aliphatic rings. The van der Waals surface area contributed by atoms with Gasteiger partial charge < -0.3 is 11.1 Å². The minimum Gasteiger partial charge on any atom is -0.326 e. The number of amides is 1. The molecule has 2 unspecified atom stereocenters. The first-order valence-corrected chi connectivity index (χ1v) is 9.15. The summed E-state index contributed by atoms with van der Waals surface area (Å²) in [5.74, 6) is 2.05. The maximum Gasteiger partial charge on any atom is 0.229 e. The summed E-state index contributed by atoms with van der Waals surface area (Å²) in [4.78, 5) is 17.3. The Balaban J connectivity index is 0.00000196. The highest BCUT2D eigenvalue weighted by Gasteiger charge is 2.37. The Morgan fingerprint density at radius 2 is 2.12 bits per heavy atom. The van der Waals surface area contributed by atoms with Crippen LogP contribution in [-0.4, -0.2) is 26.6 Å². The molecule has 2 aliphatic carbocycles. The van der Waals surface area contributed by atoms with Gasteiger partial charge in [-0.1, -0.05) is 25.0 Å². The Hall–Kier alpha value is -1.92. The molecule has 2 aromatic rings. The molecule has 7 heteroatoms. The van der Waals surface area contributed by atoms with Crippen molar-refractivity contribution in [3.8, 4) is 11.4 Å². The number of carbonyl (C=O) groups is 1. The van der Waals surface area contributed by atoms with E-state index in [4.69, 9.17) is 5.73 Å². The number of rotatable bonds is 4. The Kier molecular flexibility index (Phi) is 5.34. The molecule has 4 rings (SSSR count). The van der Waals surface area contributed by atoms with Crippen molar-refractivity contribution in [1.29, 1.82) is 0 Å². The summed E-state index contributed by atoms with van der Waals surface area (Å²) in [6, 6.07) is 7.70. The fraction of sp³-hybridized carbons (Fsp3) is 0.526. The van der Waals surface area contributed by atoms with Crippen molar-refractivity contribution in [3.05, 3.63) is 30.1 Å². The lowest BCUT2D eigenvalue weighted by Crippen LogP contribution is -2.51. The molecule has 0 spiro atoms. The third kappa shape index (κ3) is 3.91. The highest BCUT2D eigenvalue weighted by atomic mass is 35.5. The highest BCUT2D eigenvalue weighted by Crippen LogP contribution is 2.38. The second kappa shape index (κ2) is 7.37. The monoisotopic (exact) mass is 375 g/mol. The van der Waals surface area contributed by atoms with Crippen LogP contribution in [0.15, 0.2) is 24.3 Å². The van der Waals surface area contributed by atoms with Crippen molar-refractivity contribution in [2.75, 3.05) is 5.32 Å². The fourth-order valence-electron chi connectivity index (χ4n) is 3.70. The van der Waals surface area contributed by atoms with E-state index in [9.17, 15) is 4.79 Å². The van der Waals surface area contributed by atoms with Crippen molar-refractivity contribution in [3.63, 3.8) is 0 Å². The minimum absolute atomic E-state index is 0. The summed E-state index contributed by atoms with van der Waals surface area (Å²) in [5, 5.41) is 10.4. The second-order valence-electron chi connectivity index (χ2n) is 7.69. The van der Waals surface area contributed by atoms with Gasteiger partial charge in [0, 0.05) is 22.7 Å². The Labute approximate surface area is 159 Å². The van der Waals surface area contributed by atoms with E-state index in [0.29, 0.717) is 11.7 Å². The van der Waals surface area contributed by atoms with Gasteiger partial charge in [-0.3, -0.25) is 9.89 Å². The Morgan fingerprint density at radius 3 is 2.85 bits per heavy atom. The van der Waals surface area contributed by atoms with Crippen LogP contribution in [-0.2, 0) is 4.79 Å². The number of anilines is 1. The van der Waals surface area contributed by atoms with Gasteiger partial charge in [0.05, 0.1) is 5.92 Å². The molecule has 0 radical (unpaired) electrons. The molecule has 0 bridgehead atoms. The first-order valence-electron chi connectivity index (χ1n) is 9.15. The Bertz CT molecular complexity index is 784. The number of H-pyrrole nitrogens is 1. The van der Waals surface area contributed by atoms with Crippen LogP contribution >= 0.6 is 12.4 Å². The van der Waals surface area contributed by atoms with Crippen molar-refractivity contribution in [2.45, 2.75) is 56.9 Å². The molecule has 2 saturated carbocycles. The van der Waals surface area contributed by atoms with Crippen LogP contribution in [0.3, 0.4) is 0 Å². The van der Waals surface area contributed by atoms with E-state index in [1.807, 2.05) is 31.2 Å². The first kappa shape index (κ1) is 18.9. The average molecular weight is 376 g/mol. The van der Waals surface area contributed by atoms with E-state index in [0.717, 1.165) is 42.8 Å². The van der Waals surface area contributed by atoms with E-state index < -0.39 is 5.54 Å². The van der Waals surface area contributed by atoms with Crippen LogP contribution < -0.4 is 11.1 Å². The molecule has 6 nitrogen and oxygen atoms in total. The minimum atomic E-state index is -0.428. The summed E-state index contributed by atoms with van der Waals surface area (Å²) < 4.78 is 0. The largest absolute Gasteiger partial charge is 0.326 e. The zero-order valence-electron chi connectivity index (χ0n) is 15.0. The van der Waals surface area contributed by atoms with Crippen molar-refractivity contribution in [1.82, 2.24) is 15.2 Å². The first-order chi connectivity index (χ1) is 12.0. The molecule has 1 aromatic carbocycles. The van der Waals surface area contributed by atoms with Crippen molar-refractivity contribution < 1.29 is 4.79 Å². The summed E-state index contributed by atoms with van der Waals surface area (Å²) >= 11 is 0. The molecule has 0 aliphatic heterocycles. The zero-order valence-corrected chi connectivity index (χ0v) is 15.8. The van der Waals surface area contributed by atoms with E-state index in [1.54, 1.807) is 0 Å². The number of carbonyl (C=O) groups excluding carboxylic acids is 1. The van der Waals surface area contributed by atoms with E-state index >= 15 is 0 Å². The number of nitrogens with two attached hydrogens (primary N) is 1. The van der Waals surface area contributed by atoms with Crippen LogP contribution in [0, 0.1) is 5.92 Å². The lowest BCUT2D eigenvalue weighted by atomic mass is 9.74. The molecule has 2 fully saturated rings. The van der Waals surface area contributed by atoms with Gasteiger partial charge in [-0.2, -0.15) is 5.10 Å². The predicted molar refractivity (Wildman–Crippen MR) is 104 cm³/mol. The number of aromatic amines is 1. The predicted octanol–water partition coefficient (Wildman–Crippen LogP) is 3.62. The highest BCUT2D eigenvalue weighted by molar-refractivity contribution is 5.94. The lowest BCUT2D eigenvalue weighted by Gasteiger charge is -2.37. The summed E-state index contributed by atoms with van der Waals surface area (Å²) in [6.07, 6.45) is 6.27. The maximum atomic E-state index is 12.7. The topological polar surface area (TPSA) is 96.7 Å². The van der Waals surface area contributed by atoms with Gasteiger partial charge in [0.2, 0.25) is 5.91 Å². The average Bonchev–Trinajstić information content (AvgIpc) is 3.31. The SMILES string of the molecule is CC1(N)CCCCC1C(=O)Nc1cccc(-c2n[nH]c(C3CC3)n2)c1.Cl. The van der Waals surface area contributed by atoms with Gasteiger partial charge in [0.25, 0.3) is 0 Å². The fourth-order valence-corrected chi connectivity index (χ4v) is 3.70. The molecule has 26 heavy (non-hydrogen) atoms. The number of nitrogens with zero attached hydrogens (tertiary/aromatic N) is 2. The van der Waals surface area contributed by atoms with Gasteiger partial charge in [0.1, 0.15) is 5.82 Å². The number of hydrogen-bond donors (Lipinski definition) is 3. The number of nitrogens with one attached hydrogen (secondary N) is 2. The third-order valence-corrected chi connectivity index (χ3v) is 5.43. The number of aromatic nitrogens is 3. The number of hydrogen-bond acceptors (Lipinski definition) is 4. The summed E-state index contributed by atoms with van der Waals surface area (Å²) in [6.45, 7) is 1.99. The summed E-state index contributed by atoms with van der Waals surface area (Å²) in [7, 11) is 0. The van der Waals surface area contributed by atoms with E-state index in [2.05, 4.69) is 20.5 Å². The molecule has 140 valence electrons. The smallest absolute Gasteiger partial charge is 0.229 e. The zero-order chi connectivity index (χ0) is 17.4. The maximum absolute atomic E-state index is 12.7. The van der Waals surface area contributed by atoms with Crippen molar-refractivity contribution in [2.24, 2.45) is 11.7 Å². The van der Waals surface area contributed by atoms with Crippen LogP contribution in [0.5, 0.6) is 0 Å². The molecule has 1 heterocycles. The van der Waals surface area contributed by atoms with Crippen molar-refractivity contribution >= 4 is 24.0 Å². The molecular formula is C19H26ClN5O. The van der Waals surface area contributed by atoms with Gasteiger partial charge in [-0.05, 0) is 44.7 Å². The summed E-state index contributed by atoms with van der Waals surface area (Å²) in [5.41, 5.74) is 7.59. The van der Waals surface area contributed by atoms with Crippen LogP contribution in [0.1, 0.15) is 57.2 Å².